The number of rotatable bonds is 4. The van der Waals surface area contributed by atoms with Crippen molar-refractivity contribution in [3.8, 4) is 11.4 Å². The Bertz CT molecular complexity index is 976. The zero-order chi connectivity index (χ0) is 19.7. The summed E-state index contributed by atoms with van der Waals surface area (Å²) in [6.07, 6.45) is 1.65. The molecule has 3 heterocycles. The Morgan fingerprint density at radius 2 is 1.82 bits per heavy atom. The first-order valence-corrected chi connectivity index (χ1v) is 9.93. The third-order valence-corrected chi connectivity index (χ3v) is 5.22. The molecule has 4 rings (SSSR count). The summed E-state index contributed by atoms with van der Waals surface area (Å²) in [5.74, 6) is 1.77. The molecule has 2 aromatic heterocycles. The molecular weight excluding hydrogens is 376 g/mol. The Morgan fingerprint density at radius 1 is 1.11 bits per heavy atom. The molecule has 1 aromatic carbocycles. The van der Waals surface area contributed by atoms with Crippen LogP contribution in [0.25, 0.3) is 17.0 Å². The van der Waals surface area contributed by atoms with Gasteiger partial charge in [0.15, 0.2) is 11.5 Å². The minimum atomic E-state index is 0.0712. The average Bonchev–Trinajstić information content (AvgIpc) is 3.11. The molecule has 1 aliphatic rings. The number of piperidine rings is 1. The van der Waals surface area contributed by atoms with Crippen LogP contribution in [-0.2, 0) is 4.79 Å². The predicted molar refractivity (Wildman–Crippen MR) is 109 cm³/mol. The average molecular weight is 399 g/mol. The number of benzene rings is 1. The molecule has 0 saturated carbocycles. The van der Waals surface area contributed by atoms with Crippen molar-refractivity contribution >= 4 is 29.0 Å². The summed E-state index contributed by atoms with van der Waals surface area (Å²) in [6.45, 7) is 5.58. The van der Waals surface area contributed by atoms with Crippen molar-refractivity contribution in [2.45, 2.75) is 32.7 Å². The van der Waals surface area contributed by atoms with Crippen molar-refractivity contribution in [2.75, 3.05) is 18.0 Å². The fraction of sp³-hybridized carbons (Fsp3) is 0.400. The fourth-order valence-corrected chi connectivity index (χ4v) is 3.63. The zero-order valence-electron chi connectivity index (χ0n) is 16.0. The van der Waals surface area contributed by atoms with Gasteiger partial charge in [-0.15, -0.1) is 15.3 Å². The van der Waals surface area contributed by atoms with Crippen molar-refractivity contribution < 1.29 is 4.79 Å². The zero-order valence-corrected chi connectivity index (χ0v) is 16.7. The summed E-state index contributed by atoms with van der Waals surface area (Å²) < 4.78 is 1.76. The van der Waals surface area contributed by atoms with Gasteiger partial charge in [0.1, 0.15) is 5.82 Å². The van der Waals surface area contributed by atoms with E-state index < -0.39 is 0 Å². The molecule has 7 nitrogen and oxygen atoms in total. The Labute approximate surface area is 168 Å². The van der Waals surface area contributed by atoms with E-state index in [-0.39, 0.29) is 17.9 Å². The second-order valence-electron chi connectivity index (χ2n) is 7.42. The molecule has 3 aromatic rings. The topological polar surface area (TPSA) is 75.4 Å². The van der Waals surface area contributed by atoms with Crippen LogP contribution in [0.5, 0.6) is 0 Å². The van der Waals surface area contributed by atoms with Crippen LogP contribution in [0.4, 0.5) is 5.82 Å². The van der Waals surface area contributed by atoms with E-state index >= 15 is 0 Å². The van der Waals surface area contributed by atoms with Gasteiger partial charge in [0, 0.05) is 35.6 Å². The third-order valence-electron chi connectivity index (χ3n) is 4.97. The van der Waals surface area contributed by atoms with Gasteiger partial charge < -0.3 is 10.2 Å². The SMILES string of the molecule is CC(C)NC(=O)C1CCN(c2ccc3nnc(-c4ccc(Cl)cc4)n3n2)CC1. The number of amides is 1. The molecule has 0 spiro atoms. The second-order valence-corrected chi connectivity index (χ2v) is 7.85. The summed E-state index contributed by atoms with van der Waals surface area (Å²) in [6, 6.07) is 11.5. The fourth-order valence-electron chi connectivity index (χ4n) is 3.50. The maximum Gasteiger partial charge on any atom is 0.223 e. The molecular formula is C20H23ClN6O. The quantitative estimate of drug-likeness (QED) is 0.730. The molecule has 146 valence electrons. The molecule has 0 bridgehead atoms. The summed E-state index contributed by atoms with van der Waals surface area (Å²) >= 11 is 5.99. The van der Waals surface area contributed by atoms with Gasteiger partial charge in [0.05, 0.1) is 0 Å². The van der Waals surface area contributed by atoms with Gasteiger partial charge in [-0.25, -0.2) is 0 Å². The number of carbonyl (C=O) groups excluding carboxylic acids is 1. The number of nitrogens with one attached hydrogen (secondary N) is 1. The number of hydrogen-bond donors (Lipinski definition) is 1. The monoisotopic (exact) mass is 398 g/mol. The smallest absolute Gasteiger partial charge is 0.223 e. The summed E-state index contributed by atoms with van der Waals surface area (Å²) in [5, 5.41) is 16.9. The third kappa shape index (κ3) is 3.80. The highest BCUT2D eigenvalue weighted by molar-refractivity contribution is 6.30. The minimum Gasteiger partial charge on any atom is -0.355 e. The van der Waals surface area contributed by atoms with Crippen molar-refractivity contribution in [1.82, 2.24) is 25.1 Å². The van der Waals surface area contributed by atoms with Crippen LogP contribution in [0.15, 0.2) is 36.4 Å². The standard InChI is InChI=1S/C20H23ClN6O/c1-13(2)22-20(28)15-9-11-26(12-10-15)18-8-7-17-23-24-19(27(17)25-18)14-3-5-16(21)6-4-14/h3-8,13,15H,9-12H2,1-2H3,(H,22,28). The largest absolute Gasteiger partial charge is 0.355 e. The number of carbonyl (C=O) groups is 1. The highest BCUT2D eigenvalue weighted by Crippen LogP contribution is 2.24. The van der Waals surface area contributed by atoms with Crippen LogP contribution in [0.3, 0.4) is 0 Å². The van der Waals surface area contributed by atoms with Crippen molar-refractivity contribution in [3.05, 3.63) is 41.4 Å². The molecule has 8 heteroatoms. The Hall–Kier alpha value is -2.67. The predicted octanol–water partition coefficient (Wildman–Crippen LogP) is 3.19. The van der Waals surface area contributed by atoms with E-state index in [1.165, 1.54) is 0 Å². The van der Waals surface area contributed by atoms with Crippen molar-refractivity contribution in [2.24, 2.45) is 5.92 Å². The molecule has 1 fully saturated rings. The first-order chi connectivity index (χ1) is 13.5. The number of nitrogens with zero attached hydrogens (tertiary/aromatic N) is 5. The lowest BCUT2D eigenvalue weighted by atomic mass is 9.95. The molecule has 0 aliphatic carbocycles. The van der Waals surface area contributed by atoms with Gasteiger partial charge in [-0.05, 0) is 63.1 Å². The van der Waals surface area contributed by atoms with Crippen LogP contribution < -0.4 is 10.2 Å². The van der Waals surface area contributed by atoms with E-state index in [2.05, 4.69) is 20.4 Å². The first-order valence-electron chi connectivity index (χ1n) is 9.55. The number of halogens is 1. The molecule has 0 radical (unpaired) electrons. The summed E-state index contributed by atoms with van der Waals surface area (Å²) in [4.78, 5) is 14.5. The second kappa shape index (κ2) is 7.75. The normalized spacial score (nSPS) is 15.4. The number of hydrogen-bond acceptors (Lipinski definition) is 5. The molecule has 1 N–H and O–H groups in total. The van der Waals surface area contributed by atoms with Gasteiger partial charge in [0.25, 0.3) is 0 Å². The molecule has 1 saturated heterocycles. The van der Waals surface area contributed by atoms with Crippen molar-refractivity contribution in [3.63, 3.8) is 0 Å². The first kappa shape index (κ1) is 18.7. The lowest BCUT2D eigenvalue weighted by Crippen LogP contribution is -2.42. The van der Waals surface area contributed by atoms with Gasteiger partial charge in [-0.2, -0.15) is 4.52 Å². The Balaban J connectivity index is 1.53. The molecule has 0 unspecified atom stereocenters. The molecule has 28 heavy (non-hydrogen) atoms. The van der Waals surface area contributed by atoms with Crippen molar-refractivity contribution in [1.29, 1.82) is 0 Å². The molecule has 1 aliphatic heterocycles. The molecule has 0 atom stereocenters. The van der Waals surface area contributed by atoms with Gasteiger partial charge >= 0.3 is 0 Å². The van der Waals surface area contributed by atoms with E-state index in [4.69, 9.17) is 16.7 Å². The van der Waals surface area contributed by atoms with Crippen LogP contribution in [0.1, 0.15) is 26.7 Å². The molecule has 1 amide bonds. The lowest BCUT2D eigenvalue weighted by Gasteiger charge is -2.32. The highest BCUT2D eigenvalue weighted by Gasteiger charge is 2.26. The number of fused-ring (bicyclic) bond motifs is 1. The van der Waals surface area contributed by atoms with Crippen LogP contribution in [0.2, 0.25) is 5.02 Å². The van der Waals surface area contributed by atoms with E-state index in [0.717, 1.165) is 37.3 Å². The maximum atomic E-state index is 12.2. The van der Waals surface area contributed by atoms with Crippen LogP contribution >= 0.6 is 11.6 Å². The summed E-state index contributed by atoms with van der Waals surface area (Å²) in [7, 11) is 0. The van der Waals surface area contributed by atoms with Crippen LogP contribution in [0, 0.1) is 5.92 Å². The Morgan fingerprint density at radius 3 is 2.50 bits per heavy atom. The lowest BCUT2D eigenvalue weighted by molar-refractivity contribution is -0.126. The summed E-state index contributed by atoms with van der Waals surface area (Å²) in [5.41, 5.74) is 1.60. The van der Waals surface area contributed by atoms with Crippen LogP contribution in [-0.4, -0.2) is 44.8 Å². The van der Waals surface area contributed by atoms with E-state index in [9.17, 15) is 4.79 Å². The van der Waals surface area contributed by atoms with E-state index in [1.807, 2.05) is 50.2 Å². The minimum absolute atomic E-state index is 0.0712. The number of anilines is 1. The van der Waals surface area contributed by atoms with Gasteiger partial charge in [0.2, 0.25) is 5.91 Å². The Kier molecular flexibility index (Phi) is 5.17. The van der Waals surface area contributed by atoms with Gasteiger partial charge in [-0.1, -0.05) is 11.6 Å². The van der Waals surface area contributed by atoms with E-state index in [1.54, 1.807) is 4.52 Å². The highest BCUT2D eigenvalue weighted by atomic mass is 35.5. The number of aromatic nitrogens is 4. The van der Waals surface area contributed by atoms with Gasteiger partial charge in [-0.3, -0.25) is 4.79 Å². The maximum absolute atomic E-state index is 12.2. The van der Waals surface area contributed by atoms with E-state index in [0.29, 0.717) is 16.5 Å².